The van der Waals surface area contributed by atoms with Crippen LogP contribution in [0.3, 0.4) is 0 Å². The number of phenolic OH excluding ortho intramolecular Hbond substituents is 1. The van der Waals surface area contributed by atoms with E-state index in [4.69, 9.17) is 0 Å². The summed E-state index contributed by atoms with van der Waals surface area (Å²) in [5.74, 6) is 0.200. The van der Waals surface area contributed by atoms with Crippen molar-refractivity contribution in [2.24, 2.45) is 0 Å². The van der Waals surface area contributed by atoms with Crippen molar-refractivity contribution in [3.63, 3.8) is 0 Å². The predicted octanol–water partition coefficient (Wildman–Crippen LogP) is 3.46. The van der Waals surface area contributed by atoms with Crippen LogP contribution in [0.4, 0.5) is 9.93 Å². The fraction of sp³-hybridized carbons (Fsp3) is 0.286. The van der Waals surface area contributed by atoms with Crippen molar-refractivity contribution in [2.45, 2.75) is 19.9 Å². The van der Waals surface area contributed by atoms with Gasteiger partial charge in [0, 0.05) is 18.1 Å². The first-order valence-corrected chi connectivity index (χ1v) is 7.25. The van der Waals surface area contributed by atoms with Crippen molar-refractivity contribution in [1.82, 2.24) is 9.88 Å². The summed E-state index contributed by atoms with van der Waals surface area (Å²) in [6.45, 7) is 4.41. The standard InChI is InChI=1S/C14H17N3O2S/c1-3-17(14(19)16-13-15-7-8-20-13)10(2)11-5-4-6-12(18)9-11/h4-10,18H,3H2,1-2H3,(H,15,16,19). The number of anilines is 1. The van der Waals surface area contributed by atoms with E-state index in [0.29, 0.717) is 11.7 Å². The summed E-state index contributed by atoms with van der Waals surface area (Å²) < 4.78 is 0. The third-order valence-electron chi connectivity index (χ3n) is 3.07. The lowest BCUT2D eigenvalue weighted by atomic mass is 10.1. The minimum absolute atomic E-state index is 0.132. The van der Waals surface area contributed by atoms with Crippen LogP contribution in [-0.4, -0.2) is 27.6 Å². The molecule has 0 aliphatic rings. The number of carbonyl (C=O) groups is 1. The molecule has 1 unspecified atom stereocenters. The fourth-order valence-corrected chi connectivity index (χ4v) is 2.52. The smallest absolute Gasteiger partial charge is 0.324 e. The monoisotopic (exact) mass is 291 g/mol. The largest absolute Gasteiger partial charge is 0.508 e. The first-order valence-electron chi connectivity index (χ1n) is 6.38. The summed E-state index contributed by atoms with van der Waals surface area (Å²) >= 11 is 1.38. The molecule has 0 saturated heterocycles. The molecule has 2 N–H and O–H groups in total. The first kappa shape index (κ1) is 14.3. The summed E-state index contributed by atoms with van der Waals surface area (Å²) in [7, 11) is 0. The van der Waals surface area contributed by atoms with Crippen LogP contribution in [0.2, 0.25) is 0 Å². The first-order chi connectivity index (χ1) is 9.61. The topological polar surface area (TPSA) is 65.5 Å². The van der Waals surface area contributed by atoms with Crippen LogP contribution in [-0.2, 0) is 0 Å². The Kier molecular flexibility index (Phi) is 4.57. The van der Waals surface area contributed by atoms with Crippen molar-refractivity contribution in [2.75, 3.05) is 11.9 Å². The number of rotatable bonds is 4. The molecule has 20 heavy (non-hydrogen) atoms. The lowest BCUT2D eigenvalue weighted by molar-refractivity contribution is 0.197. The fourth-order valence-electron chi connectivity index (χ4n) is 2.01. The minimum atomic E-state index is -0.196. The number of thiazole rings is 1. The summed E-state index contributed by atoms with van der Waals surface area (Å²) in [5.41, 5.74) is 0.890. The number of nitrogens with one attached hydrogen (secondary N) is 1. The highest BCUT2D eigenvalue weighted by atomic mass is 32.1. The van der Waals surface area contributed by atoms with E-state index in [9.17, 15) is 9.90 Å². The highest BCUT2D eigenvalue weighted by Crippen LogP contribution is 2.24. The van der Waals surface area contributed by atoms with E-state index in [2.05, 4.69) is 10.3 Å². The van der Waals surface area contributed by atoms with Crippen molar-refractivity contribution in [3.8, 4) is 5.75 Å². The van der Waals surface area contributed by atoms with Gasteiger partial charge in [0.05, 0.1) is 6.04 Å². The Morgan fingerprint density at radius 3 is 2.95 bits per heavy atom. The van der Waals surface area contributed by atoms with Crippen LogP contribution in [0.25, 0.3) is 0 Å². The maximum absolute atomic E-state index is 12.3. The van der Waals surface area contributed by atoms with Crippen LogP contribution >= 0.6 is 11.3 Å². The zero-order chi connectivity index (χ0) is 14.5. The van der Waals surface area contributed by atoms with Gasteiger partial charge in [-0.1, -0.05) is 12.1 Å². The Bertz CT molecular complexity index is 572. The second kappa shape index (κ2) is 6.38. The maximum atomic E-state index is 12.3. The van der Waals surface area contributed by atoms with E-state index in [1.165, 1.54) is 11.3 Å². The molecule has 0 bridgehead atoms. The minimum Gasteiger partial charge on any atom is -0.508 e. The average molecular weight is 291 g/mol. The Morgan fingerprint density at radius 2 is 2.35 bits per heavy atom. The van der Waals surface area contributed by atoms with Gasteiger partial charge in [0.2, 0.25) is 0 Å². The molecule has 2 rings (SSSR count). The highest BCUT2D eigenvalue weighted by Gasteiger charge is 2.20. The van der Waals surface area contributed by atoms with Crippen LogP contribution in [0.5, 0.6) is 5.75 Å². The molecule has 6 heteroatoms. The van der Waals surface area contributed by atoms with Crippen LogP contribution in [0.1, 0.15) is 25.5 Å². The number of phenols is 1. The molecular weight excluding hydrogens is 274 g/mol. The van der Waals surface area contributed by atoms with Gasteiger partial charge < -0.3 is 10.0 Å². The molecule has 2 amide bonds. The van der Waals surface area contributed by atoms with Crippen molar-refractivity contribution in [3.05, 3.63) is 41.4 Å². The third-order valence-corrected chi connectivity index (χ3v) is 3.76. The highest BCUT2D eigenvalue weighted by molar-refractivity contribution is 7.13. The maximum Gasteiger partial charge on any atom is 0.324 e. The normalized spacial score (nSPS) is 11.9. The summed E-state index contributed by atoms with van der Waals surface area (Å²) in [6.07, 6.45) is 1.65. The number of urea groups is 1. The van der Waals surface area contributed by atoms with Gasteiger partial charge in [-0.25, -0.2) is 9.78 Å². The van der Waals surface area contributed by atoms with Crippen LogP contribution < -0.4 is 5.32 Å². The summed E-state index contributed by atoms with van der Waals surface area (Å²) in [4.78, 5) is 18.0. The number of nitrogens with zero attached hydrogens (tertiary/aromatic N) is 2. The second-order valence-electron chi connectivity index (χ2n) is 4.32. The molecule has 0 aliphatic carbocycles. The molecule has 106 valence electrons. The van der Waals surface area contributed by atoms with E-state index >= 15 is 0 Å². The van der Waals surface area contributed by atoms with Gasteiger partial charge >= 0.3 is 6.03 Å². The molecule has 1 atom stereocenters. The molecule has 5 nitrogen and oxygen atoms in total. The van der Waals surface area contributed by atoms with Crippen molar-refractivity contribution in [1.29, 1.82) is 0 Å². The molecule has 0 spiro atoms. The molecule has 1 aromatic heterocycles. The Labute approximate surface area is 121 Å². The molecule has 0 radical (unpaired) electrons. The van der Waals surface area contributed by atoms with E-state index in [1.807, 2.05) is 25.3 Å². The Morgan fingerprint density at radius 1 is 1.55 bits per heavy atom. The molecular formula is C14H17N3O2S. The zero-order valence-corrected chi connectivity index (χ0v) is 12.2. The van der Waals surface area contributed by atoms with Gasteiger partial charge in [-0.05, 0) is 31.5 Å². The lowest BCUT2D eigenvalue weighted by Crippen LogP contribution is -2.36. The van der Waals surface area contributed by atoms with E-state index in [0.717, 1.165) is 5.56 Å². The third kappa shape index (κ3) is 3.27. The molecule has 0 aliphatic heterocycles. The second-order valence-corrected chi connectivity index (χ2v) is 5.22. The van der Waals surface area contributed by atoms with Crippen LogP contribution in [0.15, 0.2) is 35.8 Å². The van der Waals surface area contributed by atoms with Gasteiger partial charge in [-0.3, -0.25) is 5.32 Å². The quantitative estimate of drug-likeness (QED) is 0.906. The molecule has 0 saturated carbocycles. The number of amides is 2. The van der Waals surface area contributed by atoms with Gasteiger partial charge in [0.15, 0.2) is 5.13 Å². The van der Waals surface area contributed by atoms with E-state index in [1.54, 1.807) is 29.3 Å². The number of benzene rings is 1. The SMILES string of the molecule is CCN(C(=O)Nc1nccs1)C(C)c1cccc(O)c1. The van der Waals surface area contributed by atoms with Crippen LogP contribution in [0, 0.1) is 0 Å². The van der Waals surface area contributed by atoms with Gasteiger partial charge in [0.1, 0.15) is 5.75 Å². The molecule has 2 aromatic rings. The van der Waals surface area contributed by atoms with E-state index in [-0.39, 0.29) is 17.8 Å². The zero-order valence-electron chi connectivity index (χ0n) is 11.4. The van der Waals surface area contributed by atoms with Gasteiger partial charge in [-0.2, -0.15) is 0 Å². The average Bonchev–Trinajstić information content (AvgIpc) is 2.92. The van der Waals surface area contributed by atoms with Crippen molar-refractivity contribution >= 4 is 22.5 Å². The molecule has 0 fully saturated rings. The molecule has 1 heterocycles. The number of carbonyl (C=O) groups excluding carboxylic acids is 1. The van der Waals surface area contributed by atoms with Gasteiger partial charge in [0.25, 0.3) is 0 Å². The Balaban J connectivity index is 2.12. The molecule has 1 aromatic carbocycles. The number of aromatic nitrogens is 1. The van der Waals surface area contributed by atoms with E-state index < -0.39 is 0 Å². The number of hydrogen-bond donors (Lipinski definition) is 2. The summed E-state index contributed by atoms with van der Waals surface area (Å²) in [6, 6.07) is 6.62. The Hall–Kier alpha value is -2.08. The number of aromatic hydroxyl groups is 1. The number of hydrogen-bond acceptors (Lipinski definition) is 4. The summed E-state index contributed by atoms with van der Waals surface area (Å²) in [5, 5.41) is 14.7. The van der Waals surface area contributed by atoms with Crippen molar-refractivity contribution < 1.29 is 9.90 Å². The van der Waals surface area contributed by atoms with Gasteiger partial charge in [-0.15, -0.1) is 11.3 Å². The predicted molar refractivity (Wildman–Crippen MR) is 80.0 cm³/mol. The lowest BCUT2D eigenvalue weighted by Gasteiger charge is -2.28.